The van der Waals surface area contributed by atoms with Crippen LogP contribution in [0.2, 0.25) is 0 Å². The van der Waals surface area contributed by atoms with Crippen molar-refractivity contribution >= 4 is 33.2 Å². The molecule has 0 radical (unpaired) electrons. The molecule has 1 aromatic heterocycles. The number of sulfonamides is 1. The van der Waals surface area contributed by atoms with Gasteiger partial charge in [0.15, 0.2) is 0 Å². The molecule has 1 amide bonds. The second kappa shape index (κ2) is 8.75. The summed E-state index contributed by atoms with van der Waals surface area (Å²) in [5.74, 6) is -0.577. The quantitative estimate of drug-likeness (QED) is 0.501. The zero-order chi connectivity index (χ0) is 15.7. The minimum atomic E-state index is -3.26. The third-order valence-electron chi connectivity index (χ3n) is 2.32. The summed E-state index contributed by atoms with van der Waals surface area (Å²) < 4.78 is 28.6. The Morgan fingerprint density at radius 1 is 1.33 bits per heavy atom. The Morgan fingerprint density at radius 2 is 2.10 bits per heavy atom. The molecule has 0 unspecified atom stereocenters. The van der Waals surface area contributed by atoms with Crippen LogP contribution in [0.5, 0.6) is 0 Å². The number of thiophene rings is 1. The number of carbonyl (C=O) groups is 2. The van der Waals surface area contributed by atoms with Crippen LogP contribution in [0.15, 0.2) is 17.5 Å². The van der Waals surface area contributed by atoms with Gasteiger partial charge in [-0.15, -0.1) is 11.3 Å². The van der Waals surface area contributed by atoms with Crippen molar-refractivity contribution < 1.29 is 22.7 Å². The van der Waals surface area contributed by atoms with Gasteiger partial charge in [-0.1, -0.05) is 6.07 Å². The number of amides is 1. The third-order valence-corrected chi connectivity index (χ3v) is 3.91. The Labute approximate surface area is 127 Å². The normalized spacial score (nSPS) is 11.1. The second-order valence-electron chi connectivity index (χ2n) is 4.22. The summed E-state index contributed by atoms with van der Waals surface area (Å²) in [6.07, 6.45) is 1.67. The van der Waals surface area contributed by atoms with E-state index in [2.05, 4.69) is 10.0 Å². The molecule has 9 heteroatoms. The highest BCUT2D eigenvalue weighted by atomic mass is 32.2. The Balaban J connectivity index is 2.04. The van der Waals surface area contributed by atoms with Crippen LogP contribution in [0, 0.1) is 0 Å². The molecular formula is C12H18N2O5S2. The summed E-state index contributed by atoms with van der Waals surface area (Å²) in [6, 6.07) is 3.52. The van der Waals surface area contributed by atoms with Crippen molar-refractivity contribution in [3.05, 3.63) is 22.4 Å². The number of nitrogens with one attached hydrogen (secondary N) is 2. The minimum absolute atomic E-state index is 0.00649. The van der Waals surface area contributed by atoms with E-state index in [0.717, 1.165) is 6.26 Å². The van der Waals surface area contributed by atoms with Gasteiger partial charge in [-0.05, 0) is 17.9 Å². The maximum Gasteiger partial charge on any atom is 0.305 e. The molecule has 0 saturated heterocycles. The molecule has 0 spiro atoms. The van der Waals surface area contributed by atoms with Crippen molar-refractivity contribution in [1.82, 2.24) is 10.0 Å². The van der Waals surface area contributed by atoms with Crippen LogP contribution in [-0.2, 0) is 19.6 Å². The van der Waals surface area contributed by atoms with Gasteiger partial charge in [-0.3, -0.25) is 9.59 Å². The molecule has 1 rings (SSSR count). The van der Waals surface area contributed by atoms with Crippen molar-refractivity contribution in [1.29, 1.82) is 0 Å². The molecule has 118 valence electrons. The van der Waals surface area contributed by atoms with E-state index in [1.54, 1.807) is 12.1 Å². The van der Waals surface area contributed by atoms with Gasteiger partial charge in [0.05, 0.1) is 11.1 Å². The third kappa shape index (κ3) is 8.43. The molecule has 0 aliphatic heterocycles. The van der Waals surface area contributed by atoms with Crippen LogP contribution in [-0.4, -0.2) is 46.2 Å². The Hall–Kier alpha value is -1.45. The number of ether oxygens (including phenoxy) is 1. The number of rotatable bonds is 9. The van der Waals surface area contributed by atoms with Gasteiger partial charge in [-0.2, -0.15) is 0 Å². The molecule has 21 heavy (non-hydrogen) atoms. The summed E-state index contributed by atoms with van der Waals surface area (Å²) in [7, 11) is -3.26. The van der Waals surface area contributed by atoms with Gasteiger partial charge >= 0.3 is 5.97 Å². The lowest BCUT2D eigenvalue weighted by atomic mass is 10.3. The molecule has 0 atom stereocenters. The van der Waals surface area contributed by atoms with Crippen LogP contribution in [0.4, 0.5) is 0 Å². The highest BCUT2D eigenvalue weighted by Gasteiger charge is 2.07. The monoisotopic (exact) mass is 334 g/mol. The van der Waals surface area contributed by atoms with Crippen molar-refractivity contribution in [2.75, 3.05) is 26.0 Å². The average Bonchev–Trinajstić information content (AvgIpc) is 2.92. The fourth-order valence-electron chi connectivity index (χ4n) is 1.39. The summed E-state index contributed by atoms with van der Waals surface area (Å²) in [6.45, 7) is 0.431. The molecule has 0 aromatic carbocycles. The number of carbonyl (C=O) groups excluding carboxylic acids is 2. The zero-order valence-corrected chi connectivity index (χ0v) is 13.3. The fourth-order valence-corrected chi connectivity index (χ4v) is 2.49. The summed E-state index contributed by atoms with van der Waals surface area (Å²) in [5, 5.41) is 4.52. The standard InChI is InChI=1S/C12H18N2O5S2/c1-21(17,18)14-7-8-19-11(15)5-2-6-13-12(16)10-4-3-9-20-10/h3-4,9,14H,2,5-8H2,1H3,(H,13,16). The first-order valence-corrected chi connectivity index (χ1v) is 9.07. The van der Waals surface area contributed by atoms with E-state index < -0.39 is 16.0 Å². The van der Waals surface area contributed by atoms with Crippen LogP contribution in [0.1, 0.15) is 22.5 Å². The largest absolute Gasteiger partial charge is 0.464 e. The van der Waals surface area contributed by atoms with Crippen LogP contribution in [0.25, 0.3) is 0 Å². The maximum atomic E-state index is 11.6. The molecule has 0 aliphatic rings. The lowest BCUT2D eigenvalue weighted by Crippen LogP contribution is -2.27. The zero-order valence-electron chi connectivity index (χ0n) is 11.6. The molecule has 1 aromatic rings. The summed E-state index contributed by atoms with van der Waals surface area (Å²) in [4.78, 5) is 23.5. The Bertz CT molecular complexity index is 554. The molecule has 0 aliphatic carbocycles. The summed E-state index contributed by atoms with van der Waals surface area (Å²) in [5.41, 5.74) is 0. The smallest absolute Gasteiger partial charge is 0.305 e. The van der Waals surface area contributed by atoms with E-state index in [1.165, 1.54) is 11.3 Å². The first-order chi connectivity index (χ1) is 9.88. The van der Waals surface area contributed by atoms with E-state index in [9.17, 15) is 18.0 Å². The molecule has 2 N–H and O–H groups in total. The highest BCUT2D eigenvalue weighted by molar-refractivity contribution is 7.88. The van der Waals surface area contributed by atoms with Gasteiger partial charge < -0.3 is 10.1 Å². The fraction of sp³-hybridized carbons (Fsp3) is 0.500. The van der Waals surface area contributed by atoms with E-state index >= 15 is 0 Å². The van der Waals surface area contributed by atoms with Crippen molar-refractivity contribution in [2.45, 2.75) is 12.8 Å². The lowest BCUT2D eigenvalue weighted by Gasteiger charge is -2.06. The average molecular weight is 334 g/mol. The minimum Gasteiger partial charge on any atom is -0.464 e. The van der Waals surface area contributed by atoms with Crippen LogP contribution in [0.3, 0.4) is 0 Å². The van der Waals surface area contributed by atoms with E-state index in [4.69, 9.17) is 4.74 Å². The number of hydrogen-bond acceptors (Lipinski definition) is 6. The predicted molar refractivity (Wildman–Crippen MR) is 79.7 cm³/mol. The van der Waals surface area contributed by atoms with Crippen LogP contribution >= 0.6 is 11.3 Å². The molecular weight excluding hydrogens is 316 g/mol. The van der Waals surface area contributed by atoms with Gasteiger partial charge in [0.2, 0.25) is 10.0 Å². The first-order valence-electron chi connectivity index (χ1n) is 6.30. The molecule has 7 nitrogen and oxygen atoms in total. The molecule has 0 saturated carbocycles. The van der Waals surface area contributed by atoms with Gasteiger partial charge in [0.25, 0.3) is 5.91 Å². The predicted octanol–water partition coefficient (Wildman–Crippen LogP) is 0.350. The van der Waals surface area contributed by atoms with E-state index in [1.807, 2.05) is 5.38 Å². The molecule has 1 heterocycles. The first kappa shape index (κ1) is 17.6. The van der Waals surface area contributed by atoms with E-state index in [0.29, 0.717) is 17.8 Å². The van der Waals surface area contributed by atoms with Crippen LogP contribution < -0.4 is 10.0 Å². The number of esters is 1. The highest BCUT2D eigenvalue weighted by Crippen LogP contribution is 2.07. The van der Waals surface area contributed by atoms with Crippen molar-refractivity contribution in [2.24, 2.45) is 0 Å². The van der Waals surface area contributed by atoms with Crippen molar-refractivity contribution in [3.8, 4) is 0 Å². The van der Waals surface area contributed by atoms with E-state index in [-0.39, 0.29) is 25.5 Å². The maximum absolute atomic E-state index is 11.6. The molecule has 0 fully saturated rings. The second-order valence-corrected chi connectivity index (χ2v) is 7.00. The Kier molecular flexibility index (Phi) is 7.34. The van der Waals surface area contributed by atoms with Crippen molar-refractivity contribution in [3.63, 3.8) is 0 Å². The topological polar surface area (TPSA) is 102 Å². The van der Waals surface area contributed by atoms with Gasteiger partial charge in [-0.25, -0.2) is 13.1 Å². The Morgan fingerprint density at radius 3 is 2.71 bits per heavy atom. The van der Waals surface area contributed by atoms with Gasteiger partial charge in [0, 0.05) is 19.5 Å². The number of hydrogen-bond donors (Lipinski definition) is 2. The lowest BCUT2D eigenvalue weighted by molar-refractivity contribution is -0.143. The molecule has 0 bridgehead atoms. The van der Waals surface area contributed by atoms with Gasteiger partial charge in [0.1, 0.15) is 6.61 Å². The SMILES string of the molecule is CS(=O)(=O)NCCOC(=O)CCCNC(=O)c1cccs1. The summed E-state index contributed by atoms with van der Waals surface area (Å²) >= 11 is 1.35.